The molecule has 0 nitrogen and oxygen atoms in total. The zero-order valence-electron chi connectivity index (χ0n) is 11.2. The van der Waals surface area contributed by atoms with Crippen molar-refractivity contribution in [3.63, 3.8) is 0 Å². The largest absolute Gasteiger partial charge is 0.0582 e. The Balaban J connectivity index is 2.45. The first kappa shape index (κ1) is 11.7. The lowest BCUT2D eigenvalue weighted by Gasteiger charge is -2.24. The van der Waals surface area contributed by atoms with E-state index in [1.807, 2.05) is 0 Å². The summed E-state index contributed by atoms with van der Waals surface area (Å²) in [4.78, 5) is 0. The molecule has 2 rings (SSSR count). The van der Waals surface area contributed by atoms with Crippen molar-refractivity contribution in [1.82, 2.24) is 0 Å². The fourth-order valence-electron chi connectivity index (χ4n) is 2.29. The van der Waals surface area contributed by atoms with Crippen LogP contribution >= 0.6 is 0 Å². The van der Waals surface area contributed by atoms with Gasteiger partial charge in [-0.25, -0.2) is 0 Å². The Morgan fingerprint density at radius 3 is 2.19 bits per heavy atom. The van der Waals surface area contributed by atoms with E-state index in [9.17, 15) is 0 Å². The smallest absolute Gasteiger partial charge is 0.00119 e. The lowest BCUT2D eigenvalue weighted by atomic mass is 9.81. The highest BCUT2D eigenvalue weighted by Crippen LogP contribution is 2.45. The van der Waals surface area contributed by atoms with Crippen LogP contribution in [-0.4, -0.2) is 0 Å². The van der Waals surface area contributed by atoms with Crippen LogP contribution in [0.2, 0.25) is 0 Å². The van der Waals surface area contributed by atoms with Gasteiger partial charge in [0.1, 0.15) is 0 Å². The average molecular weight is 215 g/mol. The lowest BCUT2D eigenvalue weighted by Crippen LogP contribution is -2.14. The van der Waals surface area contributed by atoms with E-state index in [0.717, 1.165) is 5.92 Å². The van der Waals surface area contributed by atoms with Gasteiger partial charge in [0.15, 0.2) is 0 Å². The van der Waals surface area contributed by atoms with E-state index < -0.39 is 0 Å². The van der Waals surface area contributed by atoms with Crippen LogP contribution in [-0.2, 0) is 5.41 Å². The molecule has 1 saturated carbocycles. The molecule has 1 aromatic carbocycles. The molecule has 1 radical (unpaired) electrons. The highest BCUT2D eigenvalue weighted by Gasteiger charge is 2.29. The molecule has 0 aliphatic heterocycles. The first-order valence-electron chi connectivity index (χ1n) is 6.34. The van der Waals surface area contributed by atoms with Crippen LogP contribution in [0.15, 0.2) is 18.2 Å². The van der Waals surface area contributed by atoms with Crippen molar-refractivity contribution in [2.75, 3.05) is 0 Å². The van der Waals surface area contributed by atoms with Crippen LogP contribution in [0.5, 0.6) is 0 Å². The van der Waals surface area contributed by atoms with Gasteiger partial charge in [0, 0.05) is 0 Å². The van der Waals surface area contributed by atoms with Gasteiger partial charge in [0.25, 0.3) is 0 Å². The minimum Gasteiger partial charge on any atom is -0.0582 e. The Labute approximate surface area is 100 Å². The van der Waals surface area contributed by atoms with Crippen molar-refractivity contribution in [3.05, 3.63) is 40.8 Å². The highest BCUT2D eigenvalue weighted by molar-refractivity contribution is 5.44. The molecule has 0 bridgehead atoms. The Kier molecular flexibility index (Phi) is 2.86. The summed E-state index contributed by atoms with van der Waals surface area (Å²) >= 11 is 0. The van der Waals surface area contributed by atoms with E-state index in [2.05, 4.69) is 52.8 Å². The lowest BCUT2D eigenvalue weighted by molar-refractivity contribution is 0.582. The van der Waals surface area contributed by atoms with E-state index in [1.54, 1.807) is 11.1 Å². The first-order chi connectivity index (χ1) is 7.39. The van der Waals surface area contributed by atoms with E-state index >= 15 is 0 Å². The third-order valence-corrected chi connectivity index (χ3v) is 3.45. The summed E-state index contributed by atoms with van der Waals surface area (Å²) in [7, 11) is 0. The Bertz CT molecular complexity index is 376. The van der Waals surface area contributed by atoms with Crippen LogP contribution < -0.4 is 0 Å². The van der Waals surface area contributed by atoms with E-state index in [0.29, 0.717) is 0 Å². The Hall–Kier alpha value is -0.780. The summed E-state index contributed by atoms with van der Waals surface area (Å²) in [5.41, 5.74) is 4.83. The minimum absolute atomic E-state index is 0.276. The van der Waals surface area contributed by atoms with Gasteiger partial charge in [0.2, 0.25) is 0 Å². The molecule has 1 aromatic rings. The molecule has 0 N–H and O–H groups in total. The fraction of sp³-hybridized carbons (Fsp3) is 0.562. The van der Waals surface area contributed by atoms with Gasteiger partial charge in [-0.15, -0.1) is 0 Å². The monoisotopic (exact) mass is 215 g/mol. The van der Waals surface area contributed by atoms with Crippen molar-refractivity contribution in [3.8, 4) is 0 Å². The van der Waals surface area contributed by atoms with Gasteiger partial charge < -0.3 is 0 Å². The normalized spacial score (nSPS) is 16.9. The maximum Gasteiger partial charge on any atom is -0.00119 e. The van der Waals surface area contributed by atoms with Crippen molar-refractivity contribution in [2.45, 2.75) is 58.8 Å². The first-order valence-corrected chi connectivity index (χ1v) is 6.34. The zero-order valence-corrected chi connectivity index (χ0v) is 11.2. The molecule has 1 fully saturated rings. The quantitative estimate of drug-likeness (QED) is 0.663. The molecular formula is C16H23. The maximum absolute atomic E-state index is 2.42. The summed E-state index contributed by atoms with van der Waals surface area (Å²) in [6.45, 7) is 11.3. The van der Waals surface area contributed by atoms with Crippen LogP contribution in [0, 0.1) is 5.92 Å². The Morgan fingerprint density at radius 2 is 1.75 bits per heavy atom. The topological polar surface area (TPSA) is 0 Å². The third-order valence-electron chi connectivity index (χ3n) is 3.45. The molecule has 0 unspecified atom stereocenters. The third kappa shape index (κ3) is 2.31. The molecule has 0 spiro atoms. The number of hydrogen-bond donors (Lipinski definition) is 0. The second-order valence-corrected chi connectivity index (χ2v) is 6.33. The van der Waals surface area contributed by atoms with Gasteiger partial charge in [-0.2, -0.15) is 0 Å². The molecule has 0 saturated heterocycles. The second kappa shape index (κ2) is 3.91. The maximum atomic E-state index is 2.42. The predicted molar refractivity (Wildman–Crippen MR) is 70.8 cm³/mol. The van der Waals surface area contributed by atoms with Gasteiger partial charge in [0.05, 0.1) is 0 Å². The summed E-state index contributed by atoms with van der Waals surface area (Å²) in [5.74, 6) is 2.26. The standard InChI is InChI=1S/C16H23/c1-11(2)13-8-9-15(16(3,4)5)14(10-13)12-6-7-12/h8-10,12H,6-7H2,1-5H3. The van der Waals surface area contributed by atoms with Crippen molar-refractivity contribution >= 4 is 0 Å². The summed E-state index contributed by atoms with van der Waals surface area (Å²) < 4.78 is 0. The second-order valence-electron chi connectivity index (χ2n) is 6.33. The van der Waals surface area contributed by atoms with Gasteiger partial charge in [-0.1, -0.05) is 52.8 Å². The van der Waals surface area contributed by atoms with Crippen molar-refractivity contribution in [1.29, 1.82) is 0 Å². The molecular weight excluding hydrogens is 192 g/mol. The number of rotatable bonds is 2. The predicted octanol–water partition coefficient (Wildman–Crippen LogP) is 4.82. The molecule has 0 atom stereocenters. The van der Waals surface area contributed by atoms with E-state index in [-0.39, 0.29) is 5.41 Å². The van der Waals surface area contributed by atoms with Crippen molar-refractivity contribution in [2.24, 2.45) is 0 Å². The summed E-state index contributed by atoms with van der Waals surface area (Å²) in [6.07, 6.45) is 2.77. The number of benzene rings is 1. The molecule has 1 aliphatic rings. The van der Waals surface area contributed by atoms with Crippen LogP contribution in [0.1, 0.15) is 70.1 Å². The van der Waals surface area contributed by atoms with Crippen LogP contribution in [0.25, 0.3) is 0 Å². The van der Waals surface area contributed by atoms with Crippen molar-refractivity contribution < 1.29 is 0 Å². The molecule has 87 valence electrons. The van der Waals surface area contributed by atoms with Gasteiger partial charge >= 0.3 is 0 Å². The zero-order chi connectivity index (χ0) is 11.9. The molecule has 0 heteroatoms. The molecule has 16 heavy (non-hydrogen) atoms. The molecule has 0 aromatic heterocycles. The molecule has 0 amide bonds. The molecule has 1 aliphatic carbocycles. The highest BCUT2D eigenvalue weighted by atomic mass is 14.3. The SMILES string of the molecule is C[C](C)c1ccc(C(C)(C)C)c(C2CC2)c1. The Morgan fingerprint density at radius 1 is 1.12 bits per heavy atom. The minimum atomic E-state index is 0.276. The number of hydrogen-bond acceptors (Lipinski definition) is 0. The van der Waals surface area contributed by atoms with E-state index in [1.165, 1.54) is 24.3 Å². The van der Waals surface area contributed by atoms with Crippen LogP contribution in [0.3, 0.4) is 0 Å². The van der Waals surface area contributed by atoms with Gasteiger partial charge in [-0.05, 0) is 46.8 Å². The average Bonchev–Trinajstić information content (AvgIpc) is 2.98. The summed E-state index contributed by atoms with van der Waals surface area (Å²) in [6, 6.07) is 7.05. The summed E-state index contributed by atoms with van der Waals surface area (Å²) in [5, 5.41) is 0. The van der Waals surface area contributed by atoms with E-state index in [4.69, 9.17) is 0 Å². The van der Waals surface area contributed by atoms with Gasteiger partial charge in [-0.3, -0.25) is 0 Å². The fourth-order valence-corrected chi connectivity index (χ4v) is 2.29. The molecule has 0 heterocycles. The van der Waals surface area contributed by atoms with Crippen LogP contribution in [0.4, 0.5) is 0 Å².